The van der Waals surface area contributed by atoms with Gasteiger partial charge in [0, 0.05) is 17.2 Å². The Morgan fingerprint density at radius 1 is 1.27 bits per heavy atom. The summed E-state index contributed by atoms with van der Waals surface area (Å²) in [7, 11) is 0. The van der Waals surface area contributed by atoms with Gasteiger partial charge in [-0.1, -0.05) is 20.8 Å². The van der Waals surface area contributed by atoms with Crippen molar-refractivity contribution in [2.75, 3.05) is 5.32 Å². The lowest BCUT2D eigenvalue weighted by molar-refractivity contribution is -0.120. The third-order valence-electron chi connectivity index (χ3n) is 3.55. The van der Waals surface area contributed by atoms with E-state index in [1.165, 1.54) is 0 Å². The van der Waals surface area contributed by atoms with Crippen LogP contribution in [0.15, 0.2) is 24.3 Å². The lowest BCUT2D eigenvalue weighted by atomic mass is 9.97. The van der Waals surface area contributed by atoms with Crippen molar-refractivity contribution in [3.8, 4) is 11.4 Å². The molecule has 0 saturated carbocycles. The number of nitrogens with two attached hydrogens (primary N) is 1. The van der Waals surface area contributed by atoms with Crippen molar-refractivity contribution >= 4 is 24.0 Å². The Morgan fingerprint density at radius 3 is 2.41 bits per heavy atom. The number of aromatic nitrogens is 3. The van der Waals surface area contributed by atoms with Crippen LogP contribution in [0.25, 0.3) is 11.4 Å². The molecular weight excluding hydrogens is 302 g/mol. The van der Waals surface area contributed by atoms with Gasteiger partial charge in [0.2, 0.25) is 5.91 Å². The van der Waals surface area contributed by atoms with E-state index in [-0.39, 0.29) is 24.2 Å². The van der Waals surface area contributed by atoms with Crippen molar-refractivity contribution in [1.29, 1.82) is 0 Å². The maximum absolute atomic E-state index is 12.0. The Morgan fingerprint density at radius 2 is 1.91 bits per heavy atom. The van der Waals surface area contributed by atoms with Gasteiger partial charge in [-0.3, -0.25) is 9.89 Å². The van der Waals surface area contributed by atoms with Crippen LogP contribution in [0.4, 0.5) is 5.69 Å². The van der Waals surface area contributed by atoms with E-state index < -0.39 is 0 Å². The number of hydrogen-bond donors (Lipinski definition) is 3. The van der Waals surface area contributed by atoms with Gasteiger partial charge in [-0.25, -0.2) is 4.98 Å². The molecule has 2 rings (SSSR count). The molecule has 120 valence electrons. The molecule has 0 radical (unpaired) electrons. The Balaban J connectivity index is 0.00000242. The number of halogens is 1. The topological polar surface area (TPSA) is 96.7 Å². The number of carbonyl (C=O) groups is 1. The second-order valence-electron chi connectivity index (χ2n) is 5.41. The van der Waals surface area contributed by atoms with Crippen molar-refractivity contribution < 1.29 is 4.79 Å². The average Bonchev–Trinajstić information content (AvgIpc) is 2.96. The molecule has 0 bridgehead atoms. The molecule has 0 aliphatic heterocycles. The number of nitrogens with zero attached hydrogens (tertiary/aromatic N) is 2. The Hall–Kier alpha value is -1.92. The largest absolute Gasteiger partial charge is 0.326 e. The van der Waals surface area contributed by atoms with Gasteiger partial charge in [0.25, 0.3) is 0 Å². The molecule has 6 nitrogen and oxygen atoms in total. The summed E-state index contributed by atoms with van der Waals surface area (Å²) in [6, 6.07) is 7.44. The van der Waals surface area contributed by atoms with Crippen LogP contribution in [-0.2, 0) is 11.3 Å². The summed E-state index contributed by atoms with van der Waals surface area (Å²) < 4.78 is 0. The zero-order valence-electron chi connectivity index (χ0n) is 13.0. The normalized spacial score (nSPS) is 11.9. The van der Waals surface area contributed by atoms with E-state index >= 15 is 0 Å². The molecule has 1 aromatic carbocycles. The highest BCUT2D eigenvalue weighted by atomic mass is 35.5. The quantitative estimate of drug-likeness (QED) is 0.787. The maximum Gasteiger partial charge on any atom is 0.227 e. The van der Waals surface area contributed by atoms with E-state index in [1.54, 1.807) is 0 Å². The molecule has 1 aromatic heterocycles. The lowest BCUT2D eigenvalue weighted by Gasteiger charge is -2.15. The van der Waals surface area contributed by atoms with Gasteiger partial charge >= 0.3 is 0 Å². The molecule has 0 aliphatic carbocycles. The van der Waals surface area contributed by atoms with Crippen LogP contribution in [0.3, 0.4) is 0 Å². The Labute approximate surface area is 136 Å². The number of anilines is 1. The third kappa shape index (κ3) is 4.29. The number of nitrogens with one attached hydrogen (secondary N) is 2. The van der Waals surface area contributed by atoms with Gasteiger partial charge in [0.15, 0.2) is 5.82 Å². The van der Waals surface area contributed by atoms with Crippen LogP contribution in [0, 0.1) is 11.8 Å². The van der Waals surface area contributed by atoms with Crippen LogP contribution < -0.4 is 11.1 Å². The molecule has 0 fully saturated rings. The molecule has 1 unspecified atom stereocenters. The van der Waals surface area contributed by atoms with Crippen molar-refractivity contribution in [2.45, 2.75) is 27.3 Å². The van der Waals surface area contributed by atoms with Crippen LogP contribution in [0.2, 0.25) is 0 Å². The van der Waals surface area contributed by atoms with Crippen molar-refractivity contribution in [2.24, 2.45) is 17.6 Å². The summed E-state index contributed by atoms with van der Waals surface area (Å²) in [6.45, 7) is 6.32. The van der Waals surface area contributed by atoms with Gasteiger partial charge in [-0.15, -0.1) is 12.4 Å². The predicted octanol–water partition coefficient (Wildman–Crippen LogP) is 2.58. The van der Waals surface area contributed by atoms with Gasteiger partial charge < -0.3 is 11.1 Å². The summed E-state index contributed by atoms with van der Waals surface area (Å²) in [5.41, 5.74) is 7.14. The number of hydrogen-bond acceptors (Lipinski definition) is 4. The zero-order valence-corrected chi connectivity index (χ0v) is 13.8. The van der Waals surface area contributed by atoms with Crippen LogP contribution in [0.5, 0.6) is 0 Å². The third-order valence-corrected chi connectivity index (χ3v) is 3.55. The second-order valence-corrected chi connectivity index (χ2v) is 5.41. The maximum atomic E-state index is 12.0. The SMILES string of the molecule is CC(C)C(C)C(=O)Nc1ccc(-c2n[nH]c(CN)n2)cc1.Cl. The van der Waals surface area contributed by atoms with E-state index in [4.69, 9.17) is 5.73 Å². The molecule has 1 atom stereocenters. The summed E-state index contributed by atoms with van der Waals surface area (Å²) in [4.78, 5) is 16.3. The molecule has 0 spiro atoms. The van der Waals surface area contributed by atoms with Crippen molar-refractivity contribution in [3.63, 3.8) is 0 Å². The minimum absolute atomic E-state index is 0. The fourth-order valence-corrected chi connectivity index (χ4v) is 1.78. The van der Waals surface area contributed by atoms with E-state index in [0.29, 0.717) is 24.1 Å². The van der Waals surface area contributed by atoms with Crippen LogP contribution >= 0.6 is 12.4 Å². The van der Waals surface area contributed by atoms with Gasteiger partial charge in [0.05, 0.1) is 6.54 Å². The lowest BCUT2D eigenvalue weighted by Crippen LogP contribution is -2.24. The number of benzene rings is 1. The first kappa shape index (κ1) is 18.1. The number of rotatable bonds is 5. The molecule has 7 heteroatoms. The second kappa shape index (κ2) is 7.91. The van der Waals surface area contributed by atoms with E-state index in [2.05, 4.69) is 20.5 Å². The first-order chi connectivity index (χ1) is 10.0. The number of H-pyrrole nitrogens is 1. The fourth-order valence-electron chi connectivity index (χ4n) is 1.78. The molecule has 1 heterocycles. The standard InChI is InChI=1S/C15H21N5O.ClH/c1-9(2)10(3)15(21)17-12-6-4-11(5-7-12)14-18-13(8-16)19-20-14;/h4-7,9-10H,8,16H2,1-3H3,(H,17,21)(H,18,19,20);1H. The number of aromatic amines is 1. The van der Waals surface area contributed by atoms with Gasteiger partial charge in [0.1, 0.15) is 5.82 Å². The summed E-state index contributed by atoms with van der Waals surface area (Å²) in [6.07, 6.45) is 0. The van der Waals surface area contributed by atoms with Crippen molar-refractivity contribution in [1.82, 2.24) is 15.2 Å². The molecule has 2 aromatic rings. The first-order valence-electron chi connectivity index (χ1n) is 7.04. The highest BCUT2D eigenvalue weighted by Gasteiger charge is 2.16. The summed E-state index contributed by atoms with van der Waals surface area (Å²) in [5, 5.41) is 9.78. The molecule has 0 saturated heterocycles. The minimum Gasteiger partial charge on any atom is -0.326 e. The highest BCUT2D eigenvalue weighted by molar-refractivity contribution is 5.92. The summed E-state index contributed by atoms with van der Waals surface area (Å²) in [5.74, 6) is 1.56. The van der Waals surface area contributed by atoms with E-state index in [9.17, 15) is 4.79 Å². The van der Waals surface area contributed by atoms with E-state index in [1.807, 2.05) is 45.0 Å². The molecule has 22 heavy (non-hydrogen) atoms. The minimum atomic E-state index is -0.0233. The highest BCUT2D eigenvalue weighted by Crippen LogP contribution is 2.19. The molecule has 0 aliphatic rings. The molecule has 4 N–H and O–H groups in total. The first-order valence-corrected chi connectivity index (χ1v) is 7.04. The number of amides is 1. The van der Waals surface area contributed by atoms with E-state index in [0.717, 1.165) is 11.3 Å². The van der Waals surface area contributed by atoms with Gasteiger partial charge in [-0.2, -0.15) is 5.10 Å². The summed E-state index contributed by atoms with van der Waals surface area (Å²) >= 11 is 0. The fraction of sp³-hybridized carbons (Fsp3) is 0.400. The van der Waals surface area contributed by atoms with Crippen LogP contribution in [-0.4, -0.2) is 21.1 Å². The smallest absolute Gasteiger partial charge is 0.227 e. The molecule has 1 amide bonds. The Bertz CT molecular complexity index is 609. The average molecular weight is 324 g/mol. The predicted molar refractivity (Wildman–Crippen MR) is 89.6 cm³/mol. The van der Waals surface area contributed by atoms with Gasteiger partial charge in [-0.05, 0) is 30.2 Å². The monoisotopic (exact) mass is 323 g/mol. The zero-order chi connectivity index (χ0) is 15.4. The Kier molecular flexibility index (Phi) is 6.52. The van der Waals surface area contributed by atoms with Crippen LogP contribution in [0.1, 0.15) is 26.6 Å². The number of carbonyl (C=O) groups excluding carboxylic acids is 1. The van der Waals surface area contributed by atoms with Crippen molar-refractivity contribution in [3.05, 3.63) is 30.1 Å². The molecular formula is C15H22ClN5O.